The normalized spacial score (nSPS) is 10.4. The average Bonchev–Trinajstić information content (AvgIpc) is 2.17. The van der Waals surface area contributed by atoms with Crippen molar-refractivity contribution >= 4 is 0 Å². The van der Waals surface area contributed by atoms with Crippen molar-refractivity contribution < 1.29 is 17.9 Å². The maximum absolute atomic E-state index is 2.33. The van der Waals surface area contributed by atoms with E-state index in [0.29, 0.717) is 0 Å². The number of hydrogen-bond donors (Lipinski definition) is 0. The molecule has 0 aromatic carbocycles. The Balaban J connectivity index is 3.47. The van der Waals surface area contributed by atoms with Gasteiger partial charge >= 0.3 is 91.3 Å². The molecule has 0 aliphatic heterocycles. The number of hydrogen-bond acceptors (Lipinski definition) is 0. The molecular weight excluding hydrogens is 192 g/mol. The topological polar surface area (TPSA) is 0 Å². The first kappa shape index (κ1) is 13.7. The Bertz CT molecular complexity index is 72.1. The van der Waals surface area contributed by atoms with Crippen LogP contribution in [0.1, 0.15) is 59.3 Å². The second kappa shape index (κ2) is 10.8. The molecule has 0 aliphatic carbocycles. The van der Waals surface area contributed by atoms with E-state index in [1.165, 1.54) is 38.5 Å². The predicted molar refractivity (Wildman–Crippen MR) is 59.1 cm³/mol. The van der Waals surface area contributed by atoms with Gasteiger partial charge < -0.3 is 0 Å². The van der Waals surface area contributed by atoms with E-state index in [0.717, 1.165) is 0 Å². The molecule has 0 aromatic rings. The summed E-state index contributed by atoms with van der Waals surface area (Å²) in [7, 11) is 0. The Morgan fingerprint density at radius 2 is 0.923 bits per heavy atom. The molecule has 0 radical (unpaired) electrons. The van der Waals surface area contributed by atoms with Gasteiger partial charge in [-0.25, -0.2) is 0 Å². The van der Waals surface area contributed by atoms with Crippen molar-refractivity contribution in [3.63, 3.8) is 0 Å². The summed E-state index contributed by atoms with van der Waals surface area (Å²) in [5, 5.41) is 0. The molecule has 0 aromatic heterocycles. The first-order chi connectivity index (χ1) is 6.35. The van der Waals surface area contributed by atoms with Crippen LogP contribution in [0.4, 0.5) is 0 Å². The van der Waals surface area contributed by atoms with Gasteiger partial charge in [0.25, 0.3) is 0 Å². The van der Waals surface area contributed by atoms with Crippen molar-refractivity contribution in [3.05, 3.63) is 0 Å². The first-order valence-electron chi connectivity index (χ1n) is 6.18. The van der Waals surface area contributed by atoms with Gasteiger partial charge in [-0.15, -0.1) is 0 Å². The molecule has 0 saturated carbocycles. The summed E-state index contributed by atoms with van der Waals surface area (Å²) in [6, 6.07) is 0. The van der Waals surface area contributed by atoms with Gasteiger partial charge in [-0.1, -0.05) is 0 Å². The van der Waals surface area contributed by atoms with Crippen LogP contribution in [0.2, 0.25) is 14.2 Å². The first-order valence-corrected chi connectivity index (χ1v) is 9.49. The van der Waals surface area contributed by atoms with Gasteiger partial charge in [0.1, 0.15) is 0 Å². The molecule has 0 heterocycles. The van der Waals surface area contributed by atoms with Crippen LogP contribution >= 0.6 is 0 Å². The molecule has 0 atom stereocenters. The van der Waals surface area contributed by atoms with Crippen molar-refractivity contribution in [2.24, 2.45) is 0 Å². The zero-order valence-corrected chi connectivity index (χ0v) is 11.4. The Hall–Kier alpha value is 0.714. The summed E-state index contributed by atoms with van der Waals surface area (Å²) in [5.41, 5.74) is 0. The Morgan fingerprint density at radius 1 is 0.615 bits per heavy atom. The third-order valence-corrected chi connectivity index (χ3v) is 7.62. The quantitative estimate of drug-likeness (QED) is 0.464. The Labute approximate surface area is 91.3 Å². The van der Waals surface area contributed by atoms with Gasteiger partial charge in [-0.05, 0) is 0 Å². The van der Waals surface area contributed by atoms with E-state index < -0.39 is 17.9 Å². The summed E-state index contributed by atoms with van der Waals surface area (Å²) in [5.74, 6) is 0. The van der Waals surface area contributed by atoms with Crippen molar-refractivity contribution in [3.8, 4) is 0 Å². The molecule has 79 valence electrons. The van der Waals surface area contributed by atoms with Gasteiger partial charge in [-0.3, -0.25) is 0 Å². The van der Waals surface area contributed by atoms with Gasteiger partial charge in [-0.2, -0.15) is 0 Å². The Morgan fingerprint density at radius 3 is 1.15 bits per heavy atom. The van der Waals surface area contributed by atoms with E-state index in [-0.39, 0.29) is 0 Å². The van der Waals surface area contributed by atoms with E-state index >= 15 is 0 Å². The number of unbranched alkanes of at least 4 members (excludes halogenated alkanes) is 3. The number of rotatable bonds is 9. The van der Waals surface area contributed by atoms with Gasteiger partial charge in [0.05, 0.1) is 0 Å². The second-order valence-corrected chi connectivity index (χ2v) is 8.75. The standard InChI is InChI=1S/3C4H9.Ti/c3*1-3-4-2;/h3*1,3-4H2,2H3;. The molecular formula is C12H27Ti. The molecule has 0 saturated heterocycles. The average molecular weight is 219 g/mol. The van der Waals surface area contributed by atoms with Gasteiger partial charge in [0.15, 0.2) is 0 Å². The van der Waals surface area contributed by atoms with Gasteiger partial charge in [0.2, 0.25) is 0 Å². The van der Waals surface area contributed by atoms with Crippen LogP contribution in [0.25, 0.3) is 0 Å². The third-order valence-electron chi connectivity index (χ3n) is 2.65. The van der Waals surface area contributed by atoms with Crippen molar-refractivity contribution in [2.75, 3.05) is 0 Å². The van der Waals surface area contributed by atoms with Crippen LogP contribution in [-0.2, 0) is 17.9 Å². The van der Waals surface area contributed by atoms with Crippen LogP contribution in [0.15, 0.2) is 0 Å². The molecule has 0 amide bonds. The molecule has 0 nitrogen and oxygen atoms in total. The molecule has 0 N–H and O–H groups in total. The minimum atomic E-state index is -0.552. The van der Waals surface area contributed by atoms with Crippen molar-refractivity contribution in [1.29, 1.82) is 0 Å². The van der Waals surface area contributed by atoms with Crippen LogP contribution in [0.3, 0.4) is 0 Å². The molecule has 1 heteroatoms. The fraction of sp³-hybridized carbons (Fsp3) is 1.00. The maximum atomic E-state index is 2.33. The van der Waals surface area contributed by atoms with Crippen molar-refractivity contribution in [2.45, 2.75) is 73.5 Å². The molecule has 0 unspecified atom stereocenters. The molecule has 13 heavy (non-hydrogen) atoms. The fourth-order valence-electron chi connectivity index (χ4n) is 1.66. The monoisotopic (exact) mass is 219 g/mol. The summed E-state index contributed by atoms with van der Waals surface area (Å²) >= 11 is -0.552. The zero-order valence-electron chi connectivity index (χ0n) is 9.86. The molecule has 0 fully saturated rings. The van der Waals surface area contributed by atoms with Crippen LogP contribution < -0.4 is 0 Å². The Kier molecular flexibility index (Phi) is 11.4. The van der Waals surface area contributed by atoms with E-state index in [1.807, 2.05) is 0 Å². The van der Waals surface area contributed by atoms with E-state index in [1.54, 1.807) is 14.2 Å². The summed E-state index contributed by atoms with van der Waals surface area (Å²) < 4.78 is 4.95. The minimum absolute atomic E-state index is 0.552. The molecule has 0 aliphatic rings. The molecule has 0 rings (SSSR count). The molecule has 0 spiro atoms. The summed E-state index contributed by atoms with van der Waals surface area (Å²) in [6.07, 6.45) is 8.78. The fourth-order valence-corrected chi connectivity index (χ4v) is 6.83. The van der Waals surface area contributed by atoms with Crippen LogP contribution in [0.5, 0.6) is 0 Å². The van der Waals surface area contributed by atoms with E-state index in [4.69, 9.17) is 0 Å². The van der Waals surface area contributed by atoms with E-state index in [9.17, 15) is 0 Å². The summed E-state index contributed by atoms with van der Waals surface area (Å²) in [6.45, 7) is 6.99. The molecule has 0 bridgehead atoms. The predicted octanol–water partition coefficient (Wildman–Crippen LogP) is 5.26. The SMILES string of the molecule is CCC[CH2][Ti]([CH2]CCC)[CH2]CCC. The zero-order chi connectivity index (χ0) is 9.94. The van der Waals surface area contributed by atoms with Gasteiger partial charge in [0, 0.05) is 0 Å². The summed E-state index contributed by atoms with van der Waals surface area (Å²) in [4.78, 5) is 0. The van der Waals surface area contributed by atoms with Crippen LogP contribution in [0, 0.1) is 0 Å². The second-order valence-electron chi connectivity index (χ2n) is 4.06. The van der Waals surface area contributed by atoms with E-state index in [2.05, 4.69) is 20.8 Å². The van der Waals surface area contributed by atoms with Crippen molar-refractivity contribution in [1.82, 2.24) is 0 Å². The van der Waals surface area contributed by atoms with Crippen LogP contribution in [-0.4, -0.2) is 0 Å². The third kappa shape index (κ3) is 9.03.